The summed E-state index contributed by atoms with van der Waals surface area (Å²) in [5.41, 5.74) is 5.92. The molecule has 1 aromatic rings. The number of thioether (sulfide) groups is 1. The van der Waals surface area contributed by atoms with E-state index in [1.807, 2.05) is 39.4 Å². The zero-order chi connectivity index (χ0) is 15.3. The number of carbonyl (C=O) groups is 1. The first kappa shape index (κ1) is 17.0. The van der Waals surface area contributed by atoms with Crippen molar-refractivity contribution in [2.75, 3.05) is 5.75 Å². The van der Waals surface area contributed by atoms with Crippen molar-refractivity contribution < 1.29 is 4.79 Å². The van der Waals surface area contributed by atoms with Crippen molar-refractivity contribution in [3.63, 3.8) is 0 Å². The van der Waals surface area contributed by atoms with Crippen molar-refractivity contribution >= 4 is 17.7 Å². The predicted molar refractivity (Wildman–Crippen MR) is 83.8 cm³/mol. The molecule has 6 heteroatoms. The standard InChI is InChI=1S/C14H26N4OS/c1-10(2)16-14(4,13(15)19)7-6-8-20-12-9-11(3)17-18(12)5/h9-10,16H,6-8H2,1-5H3,(H2,15,19). The third-order valence-corrected chi connectivity index (χ3v) is 4.35. The number of amides is 1. The fraction of sp³-hybridized carbons (Fsp3) is 0.714. The summed E-state index contributed by atoms with van der Waals surface area (Å²) >= 11 is 1.76. The SMILES string of the molecule is Cc1cc(SCCCC(C)(NC(C)C)C(N)=O)n(C)n1. The molecule has 114 valence electrons. The van der Waals surface area contributed by atoms with Gasteiger partial charge in [-0.2, -0.15) is 5.10 Å². The average molecular weight is 298 g/mol. The first-order chi connectivity index (χ1) is 9.24. The molecular weight excluding hydrogens is 272 g/mol. The minimum absolute atomic E-state index is 0.236. The number of hydrogen-bond donors (Lipinski definition) is 2. The van der Waals surface area contributed by atoms with E-state index in [1.165, 1.54) is 0 Å². The quantitative estimate of drug-likeness (QED) is 0.567. The van der Waals surface area contributed by atoms with Crippen LogP contribution in [0.2, 0.25) is 0 Å². The Morgan fingerprint density at radius 1 is 1.60 bits per heavy atom. The van der Waals surface area contributed by atoms with Crippen molar-refractivity contribution in [1.82, 2.24) is 15.1 Å². The molecule has 1 heterocycles. The Labute approximate surface area is 125 Å². The third kappa shape index (κ3) is 4.83. The monoisotopic (exact) mass is 298 g/mol. The summed E-state index contributed by atoms with van der Waals surface area (Å²) in [6.07, 6.45) is 1.67. The molecule has 1 rings (SSSR count). The molecule has 0 radical (unpaired) electrons. The Bertz CT molecular complexity index is 458. The highest BCUT2D eigenvalue weighted by atomic mass is 32.2. The highest BCUT2D eigenvalue weighted by Gasteiger charge is 2.30. The van der Waals surface area contributed by atoms with E-state index in [9.17, 15) is 4.79 Å². The van der Waals surface area contributed by atoms with E-state index in [0.29, 0.717) is 0 Å². The number of nitrogens with two attached hydrogens (primary N) is 1. The third-order valence-electron chi connectivity index (χ3n) is 3.18. The van der Waals surface area contributed by atoms with Gasteiger partial charge in [0.25, 0.3) is 0 Å². The average Bonchev–Trinajstić information content (AvgIpc) is 2.62. The van der Waals surface area contributed by atoms with Crippen LogP contribution in [-0.2, 0) is 11.8 Å². The molecule has 0 aromatic carbocycles. The summed E-state index contributed by atoms with van der Waals surface area (Å²) in [6.45, 7) is 7.91. The summed E-state index contributed by atoms with van der Waals surface area (Å²) in [5.74, 6) is 0.661. The zero-order valence-corrected chi connectivity index (χ0v) is 13.9. The Hall–Kier alpha value is -1.01. The molecule has 0 spiro atoms. The van der Waals surface area contributed by atoms with Gasteiger partial charge in [-0.05, 0) is 52.4 Å². The lowest BCUT2D eigenvalue weighted by Gasteiger charge is -2.29. The Balaban J connectivity index is 2.45. The number of nitrogens with zero attached hydrogens (tertiary/aromatic N) is 2. The van der Waals surface area contributed by atoms with Gasteiger partial charge in [0.1, 0.15) is 0 Å². The lowest BCUT2D eigenvalue weighted by Crippen LogP contribution is -2.55. The minimum Gasteiger partial charge on any atom is -0.368 e. The van der Waals surface area contributed by atoms with Crippen LogP contribution in [0.3, 0.4) is 0 Å². The molecule has 0 saturated carbocycles. The van der Waals surface area contributed by atoms with E-state index < -0.39 is 5.54 Å². The number of hydrogen-bond acceptors (Lipinski definition) is 4. The molecule has 3 N–H and O–H groups in total. The molecule has 0 bridgehead atoms. The number of aromatic nitrogens is 2. The lowest BCUT2D eigenvalue weighted by atomic mass is 9.94. The predicted octanol–water partition coefficient (Wildman–Crippen LogP) is 1.84. The summed E-state index contributed by atoms with van der Waals surface area (Å²) in [6, 6.07) is 2.31. The molecule has 1 aromatic heterocycles. The summed E-state index contributed by atoms with van der Waals surface area (Å²) in [5, 5.41) is 8.74. The van der Waals surface area contributed by atoms with Crippen LogP contribution in [0.5, 0.6) is 0 Å². The van der Waals surface area contributed by atoms with E-state index in [0.717, 1.165) is 29.3 Å². The maximum absolute atomic E-state index is 11.6. The smallest absolute Gasteiger partial charge is 0.237 e. The van der Waals surface area contributed by atoms with Crippen LogP contribution in [0.15, 0.2) is 11.1 Å². The molecule has 20 heavy (non-hydrogen) atoms. The van der Waals surface area contributed by atoms with E-state index >= 15 is 0 Å². The van der Waals surface area contributed by atoms with E-state index in [2.05, 4.69) is 16.5 Å². The number of carbonyl (C=O) groups excluding carboxylic acids is 1. The van der Waals surface area contributed by atoms with Gasteiger partial charge in [-0.1, -0.05) is 0 Å². The number of rotatable bonds is 8. The van der Waals surface area contributed by atoms with Crippen LogP contribution in [0, 0.1) is 6.92 Å². The summed E-state index contributed by atoms with van der Waals surface area (Å²) < 4.78 is 1.89. The molecule has 0 aliphatic rings. The van der Waals surface area contributed by atoms with Crippen LogP contribution < -0.4 is 11.1 Å². The number of aryl methyl sites for hydroxylation is 2. The molecule has 0 fully saturated rings. The van der Waals surface area contributed by atoms with Gasteiger partial charge in [0.15, 0.2) is 0 Å². The minimum atomic E-state index is -0.628. The highest BCUT2D eigenvalue weighted by molar-refractivity contribution is 7.99. The fourth-order valence-electron chi connectivity index (χ4n) is 2.23. The summed E-state index contributed by atoms with van der Waals surface area (Å²) in [7, 11) is 1.95. The summed E-state index contributed by atoms with van der Waals surface area (Å²) in [4.78, 5) is 11.6. The van der Waals surface area contributed by atoms with Gasteiger partial charge in [-0.15, -0.1) is 11.8 Å². The van der Waals surface area contributed by atoms with Gasteiger partial charge in [0, 0.05) is 13.1 Å². The Morgan fingerprint density at radius 3 is 2.70 bits per heavy atom. The molecule has 1 amide bonds. The van der Waals surface area contributed by atoms with Crippen LogP contribution in [0.1, 0.15) is 39.3 Å². The van der Waals surface area contributed by atoms with Crippen LogP contribution in [0.25, 0.3) is 0 Å². The molecule has 0 aliphatic carbocycles. The van der Waals surface area contributed by atoms with Gasteiger partial charge in [0.05, 0.1) is 16.3 Å². The second kappa shape index (κ2) is 7.13. The zero-order valence-electron chi connectivity index (χ0n) is 13.1. The van der Waals surface area contributed by atoms with Gasteiger partial charge >= 0.3 is 0 Å². The van der Waals surface area contributed by atoms with Crippen LogP contribution in [0.4, 0.5) is 0 Å². The van der Waals surface area contributed by atoms with Crippen molar-refractivity contribution in [1.29, 1.82) is 0 Å². The lowest BCUT2D eigenvalue weighted by molar-refractivity contribution is -0.124. The number of primary amides is 1. The van der Waals surface area contributed by atoms with Crippen molar-refractivity contribution in [3.8, 4) is 0 Å². The molecule has 1 atom stereocenters. The van der Waals surface area contributed by atoms with Crippen molar-refractivity contribution in [2.45, 2.75) is 57.1 Å². The molecule has 0 aliphatic heterocycles. The van der Waals surface area contributed by atoms with E-state index in [-0.39, 0.29) is 11.9 Å². The first-order valence-electron chi connectivity index (χ1n) is 6.95. The van der Waals surface area contributed by atoms with Gasteiger partial charge < -0.3 is 11.1 Å². The van der Waals surface area contributed by atoms with Crippen molar-refractivity contribution in [2.24, 2.45) is 12.8 Å². The second-order valence-electron chi connectivity index (χ2n) is 5.69. The molecule has 0 saturated heterocycles. The normalized spacial score (nSPS) is 14.5. The topological polar surface area (TPSA) is 72.9 Å². The van der Waals surface area contributed by atoms with E-state index in [4.69, 9.17) is 5.73 Å². The molecular formula is C14H26N4OS. The highest BCUT2D eigenvalue weighted by Crippen LogP contribution is 2.22. The van der Waals surface area contributed by atoms with Gasteiger partial charge in [0.2, 0.25) is 5.91 Å². The largest absolute Gasteiger partial charge is 0.368 e. The van der Waals surface area contributed by atoms with Crippen molar-refractivity contribution in [3.05, 3.63) is 11.8 Å². The van der Waals surface area contributed by atoms with Gasteiger partial charge in [-0.3, -0.25) is 9.48 Å². The maximum Gasteiger partial charge on any atom is 0.237 e. The number of nitrogens with one attached hydrogen (secondary N) is 1. The van der Waals surface area contributed by atoms with Crippen LogP contribution in [-0.4, -0.2) is 33.0 Å². The maximum atomic E-state index is 11.6. The molecule has 5 nitrogen and oxygen atoms in total. The Morgan fingerprint density at radius 2 is 2.25 bits per heavy atom. The Kier molecular flexibility index (Phi) is 6.07. The fourth-order valence-corrected chi connectivity index (χ4v) is 3.21. The first-order valence-corrected chi connectivity index (χ1v) is 7.94. The second-order valence-corrected chi connectivity index (χ2v) is 6.81. The van der Waals surface area contributed by atoms with E-state index in [1.54, 1.807) is 11.8 Å². The van der Waals surface area contributed by atoms with Crippen LogP contribution >= 0.6 is 11.8 Å². The van der Waals surface area contributed by atoms with Gasteiger partial charge in [-0.25, -0.2) is 0 Å². The molecule has 1 unspecified atom stereocenters.